The van der Waals surface area contributed by atoms with E-state index in [0.29, 0.717) is 12.1 Å². The van der Waals surface area contributed by atoms with Crippen LogP contribution in [0.1, 0.15) is 18.6 Å². The van der Waals surface area contributed by atoms with Crippen molar-refractivity contribution in [3.8, 4) is 0 Å². The molecule has 1 rings (SSSR count). The molecule has 0 saturated carbocycles. The first-order valence-electron chi connectivity index (χ1n) is 4.49. The molecule has 2 nitrogen and oxygen atoms in total. The van der Waals surface area contributed by atoms with E-state index in [9.17, 15) is 9.50 Å². The highest BCUT2D eigenvalue weighted by molar-refractivity contribution is 6.30. The van der Waals surface area contributed by atoms with E-state index in [-0.39, 0.29) is 5.02 Å². The molecule has 2 N–H and O–H groups in total. The molecule has 14 heavy (non-hydrogen) atoms. The van der Waals surface area contributed by atoms with E-state index in [2.05, 4.69) is 5.32 Å². The Morgan fingerprint density at radius 2 is 2.29 bits per heavy atom. The zero-order chi connectivity index (χ0) is 10.6. The van der Waals surface area contributed by atoms with Crippen LogP contribution in [0.2, 0.25) is 5.02 Å². The quantitative estimate of drug-likeness (QED) is 0.810. The number of rotatable bonds is 4. The first-order chi connectivity index (χ1) is 6.65. The van der Waals surface area contributed by atoms with Crippen molar-refractivity contribution in [2.75, 3.05) is 13.1 Å². The number of hydrogen-bond donors (Lipinski definition) is 2. The standard InChI is InChI=1S/C10H13ClFNO/c1-2-13-6-10(14)7-3-4-9(12)8(11)5-7/h3-5,10,13-14H,2,6H2,1H3. The molecule has 1 aromatic rings. The van der Waals surface area contributed by atoms with Crippen molar-refractivity contribution in [2.45, 2.75) is 13.0 Å². The topological polar surface area (TPSA) is 32.3 Å². The second kappa shape index (κ2) is 5.29. The highest BCUT2D eigenvalue weighted by Gasteiger charge is 2.08. The van der Waals surface area contributed by atoms with E-state index in [1.165, 1.54) is 18.2 Å². The van der Waals surface area contributed by atoms with Gasteiger partial charge in [-0.25, -0.2) is 4.39 Å². The van der Waals surface area contributed by atoms with Gasteiger partial charge in [0.1, 0.15) is 5.82 Å². The number of hydrogen-bond acceptors (Lipinski definition) is 2. The van der Waals surface area contributed by atoms with E-state index in [4.69, 9.17) is 11.6 Å². The fraction of sp³-hybridized carbons (Fsp3) is 0.400. The third-order valence-electron chi connectivity index (χ3n) is 1.92. The summed E-state index contributed by atoms with van der Waals surface area (Å²) in [7, 11) is 0. The zero-order valence-electron chi connectivity index (χ0n) is 7.93. The molecule has 0 aromatic heterocycles. The second-order valence-electron chi connectivity index (χ2n) is 3.00. The molecule has 0 amide bonds. The normalized spacial score (nSPS) is 12.9. The molecule has 0 spiro atoms. The van der Waals surface area contributed by atoms with Gasteiger partial charge in [-0.3, -0.25) is 0 Å². The molecule has 0 fully saturated rings. The lowest BCUT2D eigenvalue weighted by Gasteiger charge is -2.11. The maximum atomic E-state index is 12.8. The Morgan fingerprint density at radius 1 is 1.57 bits per heavy atom. The summed E-state index contributed by atoms with van der Waals surface area (Å²) in [6.45, 7) is 3.18. The highest BCUT2D eigenvalue weighted by Crippen LogP contribution is 2.20. The van der Waals surface area contributed by atoms with Gasteiger partial charge in [-0.1, -0.05) is 24.6 Å². The van der Waals surface area contributed by atoms with Gasteiger partial charge in [-0.15, -0.1) is 0 Å². The van der Waals surface area contributed by atoms with Crippen LogP contribution >= 0.6 is 11.6 Å². The maximum Gasteiger partial charge on any atom is 0.141 e. The molecule has 0 aliphatic carbocycles. The minimum Gasteiger partial charge on any atom is -0.387 e. The molecule has 0 heterocycles. The summed E-state index contributed by atoms with van der Waals surface area (Å²) in [6, 6.07) is 4.23. The van der Waals surface area contributed by atoms with Crippen LogP contribution in [0.5, 0.6) is 0 Å². The zero-order valence-corrected chi connectivity index (χ0v) is 8.68. The molecule has 1 aromatic carbocycles. The minimum atomic E-state index is -0.645. The van der Waals surface area contributed by atoms with Gasteiger partial charge in [0.25, 0.3) is 0 Å². The minimum absolute atomic E-state index is 0.0399. The fourth-order valence-electron chi connectivity index (χ4n) is 1.12. The third-order valence-corrected chi connectivity index (χ3v) is 2.21. The van der Waals surface area contributed by atoms with Crippen LogP contribution in [-0.2, 0) is 0 Å². The van der Waals surface area contributed by atoms with Gasteiger partial charge in [-0.05, 0) is 24.2 Å². The molecular weight excluding hydrogens is 205 g/mol. The second-order valence-corrected chi connectivity index (χ2v) is 3.40. The summed E-state index contributed by atoms with van der Waals surface area (Å²) in [5, 5.41) is 12.7. The molecule has 0 radical (unpaired) electrons. The van der Waals surface area contributed by atoms with Crippen LogP contribution in [0.3, 0.4) is 0 Å². The Hall–Kier alpha value is -0.640. The molecule has 0 aliphatic rings. The summed E-state index contributed by atoms with van der Waals surface area (Å²) in [6.07, 6.45) is -0.645. The molecule has 0 bridgehead atoms. The number of aliphatic hydroxyl groups is 1. The first-order valence-corrected chi connectivity index (χ1v) is 4.86. The molecule has 0 saturated heterocycles. The van der Waals surface area contributed by atoms with Gasteiger partial charge in [0.2, 0.25) is 0 Å². The van der Waals surface area contributed by atoms with Crippen molar-refractivity contribution >= 4 is 11.6 Å². The first kappa shape index (κ1) is 11.4. The number of benzene rings is 1. The predicted octanol–water partition coefficient (Wildman–Crippen LogP) is 2.12. The predicted molar refractivity (Wildman–Crippen MR) is 54.9 cm³/mol. The average Bonchev–Trinajstić information content (AvgIpc) is 2.18. The van der Waals surface area contributed by atoms with Gasteiger partial charge in [0.15, 0.2) is 0 Å². The lowest BCUT2D eigenvalue weighted by atomic mass is 10.1. The van der Waals surface area contributed by atoms with Crippen LogP contribution in [0.25, 0.3) is 0 Å². The monoisotopic (exact) mass is 217 g/mol. The van der Waals surface area contributed by atoms with Crippen molar-refractivity contribution in [2.24, 2.45) is 0 Å². The molecule has 0 aliphatic heterocycles. The largest absolute Gasteiger partial charge is 0.387 e. The summed E-state index contributed by atoms with van der Waals surface area (Å²) in [5.41, 5.74) is 0.623. The Labute approximate surface area is 87.7 Å². The molecular formula is C10H13ClFNO. The lowest BCUT2D eigenvalue weighted by Crippen LogP contribution is -2.20. The van der Waals surface area contributed by atoms with Gasteiger partial charge in [0.05, 0.1) is 11.1 Å². The van der Waals surface area contributed by atoms with E-state index in [1.54, 1.807) is 0 Å². The van der Waals surface area contributed by atoms with Crippen LogP contribution in [0, 0.1) is 5.82 Å². The van der Waals surface area contributed by atoms with Crippen molar-refractivity contribution in [3.05, 3.63) is 34.6 Å². The molecule has 1 atom stereocenters. The van der Waals surface area contributed by atoms with Crippen LogP contribution in [-0.4, -0.2) is 18.2 Å². The van der Waals surface area contributed by atoms with E-state index < -0.39 is 11.9 Å². The van der Waals surface area contributed by atoms with Gasteiger partial charge in [0, 0.05) is 6.54 Å². The summed E-state index contributed by atoms with van der Waals surface area (Å²) < 4.78 is 12.8. The summed E-state index contributed by atoms with van der Waals surface area (Å²) in [5.74, 6) is -0.467. The van der Waals surface area contributed by atoms with Gasteiger partial charge >= 0.3 is 0 Å². The molecule has 78 valence electrons. The van der Waals surface area contributed by atoms with Crippen LogP contribution in [0.4, 0.5) is 4.39 Å². The Balaban J connectivity index is 2.70. The summed E-state index contributed by atoms with van der Waals surface area (Å²) in [4.78, 5) is 0. The van der Waals surface area contributed by atoms with E-state index in [0.717, 1.165) is 6.54 Å². The SMILES string of the molecule is CCNCC(O)c1ccc(F)c(Cl)c1. The fourth-order valence-corrected chi connectivity index (χ4v) is 1.31. The number of halogens is 2. The maximum absolute atomic E-state index is 12.8. The van der Waals surface area contributed by atoms with Crippen molar-refractivity contribution in [3.63, 3.8) is 0 Å². The Morgan fingerprint density at radius 3 is 2.86 bits per heavy atom. The van der Waals surface area contributed by atoms with Crippen molar-refractivity contribution in [1.82, 2.24) is 5.32 Å². The van der Waals surface area contributed by atoms with Crippen molar-refractivity contribution in [1.29, 1.82) is 0 Å². The third kappa shape index (κ3) is 2.94. The number of aliphatic hydroxyl groups excluding tert-OH is 1. The Kier molecular flexibility index (Phi) is 4.32. The van der Waals surface area contributed by atoms with Crippen molar-refractivity contribution < 1.29 is 9.50 Å². The van der Waals surface area contributed by atoms with E-state index in [1.807, 2.05) is 6.92 Å². The van der Waals surface area contributed by atoms with Crippen LogP contribution < -0.4 is 5.32 Å². The molecule has 4 heteroatoms. The average molecular weight is 218 g/mol. The smallest absolute Gasteiger partial charge is 0.141 e. The lowest BCUT2D eigenvalue weighted by molar-refractivity contribution is 0.175. The van der Waals surface area contributed by atoms with Gasteiger partial charge < -0.3 is 10.4 Å². The van der Waals surface area contributed by atoms with Gasteiger partial charge in [-0.2, -0.15) is 0 Å². The highest BCUT2D eigenvalue weighted by atomic mass is 35.5. The summed E-state index contributed by atoms with van der Waals surface area (Å²) >= 11 is 5.59. The molecule has 1 unspecified atom stereocenters. The Bertz CT molecular complexity index is 306. The van der Waals surface area contributed by atoms with E-state index >= 15 is 0 Å². The number of nitrogens with one attached hydrogen (secondary N) is 1. The van der Waals surface area contributed by atoms with Crippen LogP contribution in [0.15, 0.2) is 18.2 Å². The number of likely N-dealkylation sites (N-methyl/N-ethyl adjacent to an activating group) is 1.